The molecule has 0 radical (unpaired) electrons. The molecule has 102 valence electrons. The van der Waals surface area contributed by atoms with Crippen LogP contribution in [0.2, 0.25) is 10.0 Å². The molecule has 2 aromatic heterocycles. The monoisotopic (exact) mass is 327 g/mol. The van der Waals surface area contributed by atoms with Gasteiger partial charge in [0.2, 0.25) is 11.8 Å². The smallest absolute Gasteiger partial charge is 0.273 e. The maximum Gasteiger partial charge on any atom is 0.273 e. The van der Waals surface area contributed by atoms with Crippen molar-refractivity contribution in [3.8, 4) is 10.8 Å². The molecule has 0 saturated carbocycles. The van der Waals surface area contributed by atoms with E-state index in [2.05, 4.69) is 4.98 Å². The van der Waals surface area contributed by atoms with Crippen LogP contribution < -0.4 is 11.5 Å². The number of nitrogen functional groups attached to an aromatic ring is 1. The maximum atomic E-state index is 11.1. The van der Waals surface area contributed by atoms with E-state index >= 15 is 0 Å². The molecule has 0 aliphatic rings. The highest BCUT2D eigenvalue weighted by Gasteiger charge is 2.21. The summed E-state index contributed by atoms with van der Waals surface area (Å²) in [4.78, 5) is 15.7. The third-order valence-corrected chi connectivity index (χ3v) is 4.55. The van der Waals surface area contributed by atoms with Gasteiger partial charge in [-0.1, -0.05) is 29.3 Å². The molecule has 0 aliphatic carbocycles. The van der Waals surface area contributed by atoms with Crippen LogP contribution in [0.1, 0.15) is 10.5 Å². The lowest BCUT2D eigenvalue weighted by Crippen LogP contribution is -2.13. The van der Waals surface area contributed by atoms with Crippen LogP contribution in [0.25, 0.3) is 20.9 Å². The van der Waals surface area contributed by atoms with Crippen LogP contribution in [0.3, 0.4) is 0 Å². The summed E-state index contributed by atoms with van der Waals surface area (Å²) in [5.41, 5.74) is 10.6. The number of oxazole rings is 1. The number of carbonyl (C=O) groups is 1. The van der Waals surface area contributed by atoms with E-state index < -0.39 is 5.91 Å². The first-order valence-electron chi connectivity index (χ1n) is 5.41. The van der Waals surface area contributed by atoms with Gasteiger partial charge in [0.25, 0.3) is 5.91 Å². The topological polar surface area (TPSA) is 95.1 Å². The number of halogens is 2. The van der Waals surface area contributed by atoms with Gasteiger partial charge in [0, 0.05) is 15.1 Å². The van der Waals surface area contributed by atoms with Crippen LogP contribution in [0.15, 0.2) is 22.6 Å². The Balaban J connectivity index is 2.22. The quantitative estimate of drug-likeness (QED) is 0.752. The van der Waals surface area contributed by atoms with Crippen molar-refractivity contribution in [3.05, 3.63) is 33.9 Å². The predicted octanol–water partition coefficient (Wildman–Crippen LogP) is 3.54. The Morgan fingerprint density at radius 1 is 1.35 bits per heavy atom. The summed E-state index contributed by atoms with van der Waals surface area (Å²) in [6.07, 6.45) is 0. The van der Waals surface area contributed by atoms with Gasteiger partial charge in [0.05, 0.1) is 5.02 Å². The number of fused-ring (bicyclic) bond motifs is 1. The van der Waals surface area contributed by atoms with E-state index in [9.17, 15) is 4.79 Å². The van der Waals surface area contributed by atoms with Crippen molar-refractivity contribution in [3.63, 3.8) is 0 Å². The van der Waals surface area contributed by atoms with Gasteiger partial charge in [-0.3, -0.25) is 4.79 Å². The normalized spacial score (nSPS) is 11.1. The number of rotatable bonds is 2. The number of hydrogen-bond donors (Lipinski definition) is 2. The summed E-state index contributed by atoms with van der Waals surface area (Å²) >= 11 is 13.6. The van der Waals surface area contributed by atoms with Crippen molar-refractivity contribution in [1.29, 1.82) is 0 Å². The van der Waals surface area contributed by atoms with Crippen LogP contribution >= 0.6 is 34.5 Å². The molecule has 0 atom stereocenters. The number of anilines is 1. The molecular weight excluding hydrogens is 321 g/mol. The molecule has 0 saturated heterocycles. The van der Waals surface area contributed by atoms with Gasteiger partial charge in [-0.2, -0.15) is 0 Å². The van der Waals surface area contributed by atoms with Crippen LogP contribution in [0, 0.1) is 0 Å². The Morgan fingerprint density at radius 3 is 2.75 bits per heavy atom. The predicted molar refractivity (Wildman–Crippen MR) is 80.3 cm³/mol. The molecule has 0 unspecified atom stereocenters. The Hall–Kier alpha value is -1.76. The Kier molecular flexibility index (Phi) is 3.08. The van der Waals surface area contributed by atoms with E-state index in [-0.39, 0.29) is 17.5 Å². The van der Waals surface area contributed by atoms with Gasteiger partial charge in [-0.25, -0.2) is 4.98 Å². The number of thiophene rings is 1. The minimum absolute atomic E-state index is 0.105. The first-order chi connectivity index (χ1) is 9.47. The standard InChI is InChI=1S/C12H7Cl2N3O2S/c13-4-1-2-5-6(3-4)20-9(7(5)14)12-17-8(10(15)18)11(16)19-12/h1-3H,16H2,(H2,15,18). The molecule has 4 N–H and O–H groups in total. The van der Waals surface area contributed by atoms with E-state index in [1.165, 1.54) is 11.3 Å². The highest BCUT2D eigenvalue weighted by atomic mass is 35.5. The molecule has 0 aliphatic heterocycles. The average molecular weight is 328 g/mol. The van der Waals surface area contributed by atoms with Gasteiger partial charge >= 0.3 is 0 Å². The van der Waals surface area contributed by atoms with E-state index in [4.69, 9.17) is 39.1 Å². The SMILES string of the molecule is NC(=O)c1nc(-c2sc3cc(Cl)ccc3c2Cl)oc1N. The van der Waals surface area contributed by atoms with Crippen LogP contribution in [0.5, 0.6) is 0 Å². The Bertz CT molecular complexity index is 841. The van der Waals surface area contributed by atoms with E-state index in [1.54, 1.807) is 18.2 Å². The molecule has 8 heteroatoms. The molecule has 1 aromatic carbocycles. The fourth-order valence-electron chi connectivity index (χ4n) is 1.78. The minimum Gasteiger partial charge on any atom is -0.419 e. The third kappa shape index (κ3) is 2.02. The summed E-state index contributed by atoms with van der Waals surface area (Å²) < 4.78 is 6.15. The van der Waals surface area contributed by atoms with Crippen molar-refractivity contribution < 1.29 is 9.21 Å². The molecule has 1 amide bonds. The zero-order valence-electron chi connectivity index (χ0n) is 9.81. The summed E-state index contributed by atoms with van der Waals surface area (Å²) in [5, 5.41) is 1.90. The zero-order chi connectivity index (χ0) is 14.4. The Morgan fingerprint density at radius 2 is 2.10 bits per heavy atom. The number of carbonyl (C=O) groups excluding carboxylic acids is 1. The average Bonchev–Trinajstić information content (AvgIpc) is 2.90. The van der Waals surface area contributed by atoms with Crippen molar-refractivity contribution in [1.82, 2.24) is 4.98 Å². The fraction of sp³-hybridized carbons (Fsp3) is 0. The summed E-state index contributed by atoms with van der Waals surface area (Å²) in [6, 6.07) is 5.34. The van der Waals surface area contributed by atoms with Gasteiger partial charge < -0.3 is 15.9 Å². The van der Waals surface area contributed by atoms with Crippen molar-refractivity contribution in [2.45, 2.75) is 0 Å². The zero-order valence-corrected chi connectivity index (χ0v) is 12.1. The third-order valence-electron chi connectivity index (χ3n) is 2.67. The lowest BCUT2D eigenvalue weighted by Gasteiger charge is -1.91. The van der Waals surface area contributed by atoms with Crippen molar-refractivity contribution in [2.24, 2.45) is 5.73 Å². The summed E-state index contributed by atoms with van der Waals surface area (Å²) in [6.45, 7) is 0. The van der Waals surface area contributed by atoms with Gasteiger partial charge in [0.15, 0.2) is 5.69 Å². The van der Waals surface area contributed by atoms with Gasteiger partial charge in [0.1, 0.15) is 4.88 Å². The minimum atomic E-state index is -0.752. The number of primary amides is 1. The number of amides is 1. The number of nitrogens with zero attached hydrogens (tertiary/aromatic N) is 1. The second-order valence-corrected chi connectivity index (χ2v) is 5.85. The first kappa shape index (κ1) is 13.2. The van der Waals surface area contributed by atoms with E-state index in [0.717, 1.165) is 10.1 Å². The largest absolute Gasteiger partial charge is 0.419 e. The molecule has 2 heterocycles. The summed E-state index contributed by atoms with van der Waals surface area (Å²) in [5.74, 6) is -0.713. The fourth-order valence-corrected chi connectivity index (χ4v) is 3.50. The lowest BCUT2D eigenvalue weighted by molar-refractivity contribution is 0.0996. The highest BCUT2D eigenvalue weighted by molar-refractivity contribution is 7.23. The highest BCUT2D eigenvalue weighted by Crippen LogP contribution is 2.43. The summed E-state index contributed by atoms with van der Waals surface area (Å²) in [7, 11) is 0. The second-order valence-electron chi connectivity index (χ2n) is 3.98. The molecule has 0 fully saturated rings. The van der Waals surface area contributed by atoms with E-state index in [0.29, 0.717) is 14.9 Å². The number of nitrogens with two attached hydrogens (primary N) is 2. The number of aromatic nitrogens is 1. The molecule has 3 aromatic rings. The van der Waals surface area contributed by atoms with Crippen LogP contribution in [-0.2, 0) is 0 Å². The van der Waals surface area contributed by atoms with Crippen molar-refractivity contribution in [2.75, 3.05) is 5.73 Å². The first-order valence-corrected chi connectivity index (χ1v) is 6.98. The molecule has 0 spiro atoms. The molecule has 5 nitrogen and oxygen atoms in total. The maximum absolute atomic E-state index is 11.1. The Labute approximate surface area is 127 Å². The van der Waals surface area contributed by atoms with Gasteiger partial charge in [-0.05, 0) is 12.1 Å². The van der Waals surface area contributed by atoms with Crippen LogP contribution in [0.4, 0.5) is 5.88 Å². The molecule has 3 rings (SSSR count). The van der Waals surface area contributed by atoms with Crippen molar-refractivity contribution >= 4 is 56.4 Å². The van der Waals surface area contributed by atoms with E-state index in [1.807, 2.05) is 0 Å². The molecule has 0 bridgehead atoms. The molecule has 20 heavy (non-hydrogen) atoms. The number of hydrogen-bond acceptors (Lipinski definition) is 5. The molecular formula is C12H7Cl2N3O2S. The second kappa shape index (κ2) is 4.66. The van der Waals surface area contributed by atoms with Crippen LogP contribution in [-0.4, -0.2) is 10.9 Å². The van der Waals surface area contributed by atoms with Gasteiger partial charge in [-0.15, -0.1) is 11.3 Å². The number of benzene rings is 1. The lowest BCUT2D eigenvalue weighted by atomic mass is 10.2.